The monoisotopic (exact) mass is 295 g/mol. The van der Waals surface area contributed by atoms with Crippen LogP contribution in [0.15, 0.2) is 29.5 Å². The van der Waals surface area contributed by atoms with Crippen molar-refractivity contribution in [2.75, 3.05) is 6.54 Å². The number of carboxylic acid groups (broad SMARTS) is 1. The van der Waals surface area contributed by atoms with Crippen LogP contribution in [0.1, 0.15) is 26.7 Å². The van der Waals surface area contributed by atoms with Gasteiger partial charge in [-0.05, 0) is 17.7 Å². The maximum absolute atomic E-state index is 10.8. The molecule has 0 aromatic rings. The molecule has 0 spiro atoms. The topological polar surface area (TPSA) is 40.5 Å². The molecule has 0 bridgehead atoms. The van der Waals surface area contributed by atoms with E-state index in [1.54, 1.807) is 11.0 Å². The summed E-state index contributed by atoms with van der Waals surface area (Å²) in [7, 11) is 0. The van der Waals surface area contributed by atoms with Crippen molar-refractivity contribution in [2.45, 2.75) is 26.7 Å². The minimum absolute atomic E-state index is 0. The molecule has 3 nitrogen and oxygen atoms in total. The quantitative estimate of drug-likeness (QED) is 0.809. The van der Waals surface area contributed by atoms with Gasteiger partial charge in [0.15, 0.2) is 0 Å². The Hall–Kier alpha value is -0.406. The number of hydrogen-bond acceptors (Lipinski definition) is 2. The summed E-state index contributed by atoms with van der Waals surface area (Å²) in [5, 5.41) is 8.89. The first-order valence-electron chi connectivity index (χ1n) is 5.08. The fraction of sp³-hybridized carbons (Fsp3) is 0.417. The Labute approximate surface area is 122 Å². The van der Waals surface area contributed by atoms with Gasteiger partial charge in [0.1, 0.15) is 0 Å². The molecule has 1 aliphatic heterocycles. The van der Waals surface area contributed by atoms with Gasteiger partial charge in [0.25, 0.3) is 0 Å². The summed E-state index contributed by atoms with van der Waals surface area (Å²) in [6.07, 6.45) is 6.52. The van der Waals surface area contributed by atoms with Crippen LogP contribution in [0, 0.1) is 6.20 Å². The SMILES string of the molecule is C=C1C(C)=CC(C(=O)O)=[C-]N1CCCC.[Y]. The van der Waals surface area contributed by atoms with E-state index in [-0.39, 0.29) is 38.3 Å². The molecule has 0 saturated heterocycles. The summed E-state index contributed by atoms with van der Waals surface area (Å²) in [6.45, 7) is 8.65. The molecule has 0 aromatic heterocycles. The van der Waals surface area contributed by atoms with Crippen LogP contribution < -0.4 is 0 Å². The fourth-order valence-electron chi connectivity index (χ4n) is 1.37. The Kier molecular flexibility index (Phi) is 6.85. The maximum Gasteiger partial charge on any atom is 0.249 e. The van der Waals surface area contributed by atoms with Crippen LogP contribution >= 0.6 is 0 Å². The van der Waals surface area contributed by atoms with Crippen molar-refractivity contribution in [3.63, 3.8) is 0 Å². The molecule has 1 heterocycles. The zero-order valence-corrected chi connectivity index (χ0v) is 12.6. The molecule has 16 heavy (non-hydrogen) atoms. The van der Waals surface area contributed by atoms with Crippen LogP contribution in [-0.2, 0) is 37.5 Å². The molecule has 0 aliphatic carbocycles. The van der Waals surface area contributed by atoms with Crippen LogP contribution in [0.25, 0.3) is 0 Å². The zero-order valence-electron chi connectivity index (χ0n) is 9.79. The van der Waals surface area contributed by atoms with E-state index in [1.807, 2.05) is 6.92 Å². The Morgan fingerprint density at radius 1 is 1.62 bits per heavy atom. The first kappa shape index (κ1) is 15.6. The van der Waals surface area contributed by atoms with Crippen LogP contribution in [-0.4, -0.2) is 22.5 Å². The molecule has 0 atom stereocenters. The molecular formula is C12H16NO2Y-. The standard InChI is InChI=1S/C12H16NO2.Y/c1-4-5-6-13-8-11(12(14)15)7-9(2)10(13)3;/h7H,3-6H2,1-2H3,(H,14,15);/q-1;. The Morgan fingerprint density at radius 3 is 2.75 bits per heavy atom. The van der Waals surface area contributed by atoms with Crippen molar-refractivity contribution in [1.29, 1.82) is 0 Å². The largest absolute Gasteiger partial charge is 0.521 e. The minimum atomic E-state index is -0.941. The van der Waals surface area contributed by atoms with Gasteiger partial charge in [-0.1, -0.05) is 26.5 Å². The molecule has 1 radical (unpaired) electrons. The van der Waals surface area contributed by atoms with Crippen LogP contribution in [0.5, 0.6) is 0 Å². The molecule has 0 aromatic carbocycles. The van der Waals surface area contributed by atoms with Gasteiger partial charge in [0.2, 0.25) is 5.97 Å². The minimum Gasteiger partial charge on any atom is -0.521 e. The Bertz CT molecular complexity index is 345. The van der Waals surface area contributed by atoms with Crippen molar-refractivity contribution in [3.05, 3.63) is 35.7 Å². The van der Waals surface area contributed by atoms with Gasteiger partial charge in [-0.3, -0.25) is 0 Å². The second kappa shape index (κ2) is 7.02. The summed E-state index contributed by atoms with van der Waals surface area (Å²) >= 11 is 0. The van der Waals surface area contributed by atoms with E-state index >= 15 is 0 Å². The van der Waals surface area contributed by atoms with E-state index in [1.165, 1.54) is 0 Å². The summed E-state index contributed by atoms with van der Waals surface area (Å²) in [5.41, 5.74) is 1.94. The smallest absolute Gasteiger partial charge is 0.249 e. The summed E-state index contributed by atoms with van der Waals surface area (Å²) in [4.78, 5) is 12.6. The van der Waals surface area contributed by atoms with Gasteiger partial charge >= 0.3 is 0 Å². The number of unbranched alkanes of at least 4 members (excludes halogenated alkanes) is 1. The van der Waals surface area contributed by atoms with Crippen molar-refractivity contribution in [1.82, 2.24) is 4.90 Å². The third-order valence-corrected chi connectivity index (χ3v) is 2.36. The third kappa shape index (κ3) is 3.87. The molecule has 0 fully saturated rings. The van der Waals surface area contributed by atoms with Crippen LogP contribution in [0.2, 0.25) is 0 Å². The second-order valence-electron chi connectivity index (χ2n) is 3.61. The molecule has 1 rings (SSSR count). The zero-order chi connectivity index (χ0) is 11.4. The van der Waals surface area contributed by atoms with Gasteiger partial charge in [-0.2, -0.15) is 0 Å². The number of allylic oxidation sites excluding steroid dienone is 1. The van der Waals surface area contributed by atoms with Crippen molar-refractivity contribution in [3.8, 4) is 0 Å². The van der Waals surface area contributed by atoms with E-state index in [9.17, 15) is 4.79 Å². The Morgan fingerprint density at radius 2 is 2.25 bits per heavy atom. The van der Waals surface area contributed by atoms with Crippen molar-refractivity contribution < 1.29 is 42.6 Å². The third-order valence-electron chi connectivity index (χ3n) is 2.36. The molecule has 0 saturated carbocycles. The molecule has 85 valence electrons. The predicted octanol–water partition coefficient (Wildman–Crippen LogP) is 2.33. The molecule has 1 N–H and O–H groups in total. The van der Waals surface area contributed by atoms with E-state index < -0.39 is 5.97 Å². The average Bonchev–Trinajstić information content (AvgIpc) is 2.19. The molecule has 1 aliphatic rings. The molecule has 0 amide bonds. The fourth-order valence-corrected chi connectivity index (χ4v) is 1.37. The molecule has 0 unspecified atom stereocenters. The van der Waals surface area contributed by atoms with Crippen LogP contribution in [0.3, 0.4) is 0 Å². The second-order valence-corrected chi connectivity index (χ2v) is 3.61. The van der Waals surface area contributed by atoms with Crippen molar-refractivity contribution >= 4 is 5.97 Å². The molecule has 4 heteroatoms. The van der Waals surface area contributed by atoms with Gasteiger partial charge in [0.05, 0.1) is 0 Å². The summed E-state index contributed by atoms with van der Waals surface area (Å²) in [6, 6.07) is 0. The van der Waals surface area contributed by atoms with Gasteiger partial charge in [-0.25, -0.2) is 0 Å². The number of carbonyl (C=O) groups is 1. The van der Waals surface area contributed by atoms with Crippen molar-refractivity contribution in [2.24, 2.45) is 0 Å². The molecular weight excluding hydrogens is 279 g/mol. The Balaban J connectivity index is 0.00000225. The summed E-state index contributed by atoms with van der Waals surface area (Å²) < 4.78 is 0. The van der Waals surface area contributed by atoms with Gasteiger partial charge in [0, 0.05) is 39.3 Å². The maximum atomic E-state index is 10.8. The van der Waals surface area contributed by atoms with E-state index in [4.69, 9.17) is 5.11 Å². The first-order chi connectivity index (χ1) is 7.06. The van der Waals surface area contributed by atoms with E-state index in [2.05, 4.69) is 19.7 Å². The number of nitrogens with zero attached hydrogens (tertiary/aromatic N) is 1. The van der Waals surface area contributed by atoms with Gasteiger partial charge in [-0.15, -0.1) is 18.2 Å². The number of rotatable bonds is 4. The average molecular weight is 295 g/mol. The number of aliphatic carboxylic acids is 1. The normalized spacial score (nSPS) is 15.1. The number of carboxylic acids is 1. The van der Waals surface area contributed by atoms with Crippen LogP contribution in [0.4, 0.5) is 0 Å². The number of hydrogen-bond donors (Lipinski definition) is 1. The predicted molar refractivity (Wildman–Crippen MR) is 58.9 cm³/mol. The van der Waals surface area contributed by atoms with E-state index in [0.29, 0.717) is 0 Å². The van der Waals surface area contributed by atoms with Gasteiger partial charge < -0.3 is 14.8 Å². The first-order valence-corrected chi connectivity index (χ1v) is 5.08. The van der Waals surface area contributed by atoms with E-state index in [0.717, 1.165) is 30.7 Å². The summed E-state index contributed by atoms with van der Waals surface area (Å²) in [5.74, 6) is -0.941.